The largest absolute Gasteiger partial charge is 0.497 e. The number of anilines is 1. The summed E-state index contributed by atoms with van der Waals surface area (Å²) in [5.41, 5.74) is 4.40. The summed E-state index contributed by atoms with van der Waals surface area (Å²) < 4.78 is 5.22. The molecule has 0 spiro atoms. The zero-order valence-corrected chi connectivity index (χ0v) is 16.5. The van der Waals surface area contributed by atoms with Gasteiger partial charge in [0.25, 0.3) is 0 Å². The van der Waals surface area contributed by atoms with Gasteiger partial charge in [0.15, 0.2) is 0 Å². The monoisotopic (exact) mass is 391 g/mol. The number of nitrogens with zero attached hydrogens (tertiary/aromatic N) is 2. The molecule has 5 nitrogen and oxygen atoms in total. The summed E-state index contributed by atoms with van der Waals surface area (Å²) in [5.74, 6) is 1.50. The number of methoxy groups -OCH3 is 1. The summed E-state index contributed by atoms with van der Waals surface area (Å²) in [4.78, 5) is 9.82. The van der Waals surface area contributed by atoms with Crippen LogP contribution < -0.4 is 10.1 Å². The van der Waals surface area contributed by atoms with Crippen LogP contribution in [0, 0.1) is 6.92 Å². The van der Waals surface area contributed by atoms with Gasteiger partial charge < -0.3 is 15.2 Å². The highest BCUT2D eigenvalue weighted by Crippen LogP contribution is 2.37. The van der Waals surface area contributed by atoms with E-state index < -0.39 is 0 Å². The lowest BCUT2D eigenvalue weighted by atomic mass is 10.0. The van der Waals surface area contributed by atoms with Gasteiger partial charge in [0.1, 0.15) is 22.7 Å². The second-order valence-corrected chi connectivity index (χ2v) is 7.43. The second kappa shape index (κ2) is 7.96. The number of thiophene rings is 1. The Bertz CT molecular complexity index is 1080. The maximum atomic E-state index is 9.97. The molecule has 1 atom stereocenters. The summed E-state index contributed by atoms with van der Waals surface area (Å²) in [7, 11) is 1.64. The molecule has 2 N–H and O–H groups in total. The van der Waals surface area contributed by atoms with Gasteiger partial charge in [0, 0.05) is 10.9 Å². The molecular formula is C22H21N3O2S. The molecule has 0 aliphatic carbocycles. The van der Waals surface area contributed by atoms with E-state index in [1.807, 2.05) is 24.3 Å². The van der Waals surface area contributed by atoms with Gasteiger partial charge in [0.05, 0.1) is 25.1 Å². The minimum absolute atomic E-state index is 0.0537. The van der Waals surface area contributed by atoms with Crippen molar-refractivity contribution < 1.29 is 9.84 Å². The Morgan fingerprint density at radius 2 is 1.82 bits per heavy atom. The molecule has 2 aromatic heterocycles. The molecule has 142 valence electrons. The zero-order chi connectivity index (χ0) is 19.5. The Balaban J connectivity index is 1.73. The fourth-order valence-electron chi connectivity index (χ4n) is 3.17. The highest BCUT2D eigenvalue weighted by molar-refractivity contribution is 7.17. The van der Waals surface area contributed by atoms with E-state index in [-0.39, 0.29) is 12.6 Å². The van der Waals surface area contributed by atoms with Crippen LogP contribution in [0.25, 0.3) is 21.3 Å². The van der Waals surface area contributed by atoms with E-state index in [1.54, 1.807) is 24.8 Å². The number of aromatic nitrogens is 2. The van der Waals surface area contributed by atoms with E-state index in [9.17, 15) is 5.11 Å². The number of nitrogens with one attached hydrogen (secondary N) is 1. The Hall–Kier alpha value is -2.96. The molecule has 4 aromatic rings. The van der Waals surface area contributed by atoms with Crippen LogP contribution in [0.4, 0.5) is 5.82 Å². The number of rotatable bonds is 6. The zero-order valence-electron chi connectivity index (χ0n) is 15.7. The normalized spacial score (nSPS) is 12.1. The molecule has 1 unspecified atom stereocenters. The SMILES string of the molecule is COc1ccc(C(CO)Nc2ncnc3scc(-c4ccc(C)cc4)c23)cc1. The maximum Gasteiger partial charge on any atom is 0.139 e. The smallest absolute Gasteiger partial charge is 0.139 e. The van der Waals surface area contributed by atoms with Gasteiger partial charge in [-0.25, -0.2) is 9.97 Å². The van der Waals surface area contributed by atoms with Crippen LogP contribution in [0.1, 0.15) is 17.2 Å². The molecule has 6 heteroatoms. The van der Waals surface area contributed by atoms with Crippen molar-refractivity contribution in [3.8, 4) is 16.9 Å². The highest BCUT2D eigenvalue weighted by Gasteiger charge is 2.17. The summed E-state index contributed by atoms with van der Waals surface area (Å²) in [5, 5.41) is 16.5. The molecule has 0 aliphatic rings. The molecule has 28 heavy (non-hydrogen) atoms. The summed E-state index contributed by atoms with van der Waals surface area (Å²) in [6.45, 7) is 2.02. The highest BCUT2D eigenvalue weighted by atomic mass is 32.1. The Morgan fingerprint density at radius 3 is 2.50 bits per heavy atom. The van der Waals surface area contributed by atoms with E-state index in [0.717, 1.165) is 38.5 Å². The van der Waals surface area contributed by atoms with Gasteiger partial charge in [-0.05, 0) is 30.2 Å². The van der Waals surface area contributed by atoms with Crippen LogP contribution in [0.15, 0.2) is 60.2 Å². The molecule has 0 amide bonds. The standard InChI is InChI=1S/C22H21N3O2S/c1-14-3-5-15(6-4-14)18-12-28-22-20(18)21(23-13-24-22)25-19(11-26)16-7-9-17(27-2)10-8-16/h3-10,12-13,19,26H,11H2,1-2H3,(H,23,24,25). The van der Waals surface area contributed by atoms with Crippen molar-refractivity contribution in [1.82, 2.24) is 9.97 Å². The van der Waals surface area contributed by atoms with E-state index >= 15 is 0 Å². The molecule has 0 fully saturated rings. The summed E-state index contributed by atoms with van der Waals surface area (Å²) in [6.07, 6.45) is 1.56. The Labute approximate surface area is 167 Å². The lowest BCUT2D eigenvalue weighted by Gasteiger charge is -2.18. The lowest BCUT2D eigenvalue weighted by Crippen LogP contribution is -2.16. The van der Waals surface area contributed by atoms with Crippen LogP contribution >= 0.6 is 11.3 Å². The third kappa shape index (κ3) is 3.56. The molecule has 0 aliphatic heterocycles. The Morgan fingerprint density at radius 1 is 1.07 bits per heavy atom. The molecule has 0 saturated carbocycles. The van der Waals surface area contributed by atoms with Gasteiger partial charge in [-0.3, -0.25) is 0 Å². The number of benzene rings is 2. The summed E-state index contributed by atoms with van der Waals surface area (Å²) in [6, 6.07) is 15.8. The minimum atomic E-state index is -0.283. The number of ether oxygens (including phenoxy) is 1. The molecule has 0 radical (unpaired) electrons. The molecule has 0 bridgehead atoms. The van der Waals surface area contributed by atoms with Crippen molar-refractivity contribution in [2.24, 2.45) is 0 Å². The van der Waals surface area contributed by atoms with Gasteiger partial charge >= 0.3 is 0 Å². The first-order valence-corrected chi connectivity index (χ1v) is 9.88. The van der Waals surface area contributed by atoms with E-state index in [0.29, 0.717) is 0 Å². The van der Waals surface area contributed by atoms with Gasteiger partial charge in [0.2, 0.25) is 0 Å². The third-order valence-electron chi connectivity index (χ3n) is 4.74. The minimum Gasteiger partial charge on any atom is -0.497 e. The van der Waals surface area contributed by atoms with E-state index in [2.05, 4.69) is 51.9 Å². The maximum absolute atomic E-state index is 9.97. The van der Waals surface area contributed by atoms with Gasteiger partial charge in [-0.2, -0.15) is 0 Å². The molecule has 2 heterocycles. The number of hydrogen-bond acceptors (Lipinski definition) is 6. The van der Waals surface area contributed by atoms with Crippen molar-refractivity contribution in [1.29, 1.82) is 0 Å². The average molecular weight is 391 g/mol. The second-order valence-electron chi connectivity index (χ2n) is 6.57. The molecule has 2 aromatic carbocycles. The van der Waals surface area contributed by atoms with Crippen molar-refractivity contribution in [3.63, 3.8) is 0 Å². The van der Waals surface area contributed by atoms with Crippen LogP contribution in [0.2, 0.25) is 0 Å². The van der Waals surface area contributed by atoms with E-state index in [1.165, 1.54) is 5.56 Å². The fourth-order valence-corrected chi connectivity index (χ4v) is 4.08. The number of hydrogen-bond donors (Lipinski definition) is 2. The van der Waals surface area contributed by atoms with Gasteiger partial charge in [-0.1, -0.05) is 42.0 Å². The molecule has 4 rings (SSSR count). The lowest BCUT2D eigenvalue weighted by molar-refractivity contribution is 0.276. The fraction of sp³-hybridized carbons (Fsp3) is 0.182. The van der Waals surface area contributed by atoms with Crippen LogP contribution in [-0.4, -0.2) is 28.8 Å². The van der Waals surface area contributed by atoms with Crippen LogP contribution in [0.5, 0.6) is 5.75 Å². The first-order valence-electron chi connectivity index (χ1n) is 9.00. The first kappa shape index (κ1) is 18.4. The predicted octanol–water partition coefficient (Wildman–Crippen LogP) is 4.82. The first-order chi connectivity index (χ1) is 13.7. The predicted molar refractivity (Wildman–Crippen MR) is 114 cm³/mol. The van der Waals surface area contributed by atoms with Crippen molar-refractivity contribution in [2.75, 3.05) is 19.0 Å². The quantitative estimate of drug-likeness (QED) is 0.493. The van der Waals surface area contributed by atoms with Crippen molar-refractivity contribution >= 4 is 27.4 Å². The number of aliphatic hydroxyl groups is 1. The molecular weight excluding hydrogens is 370 g/mol. The number of aryl methyl sites for hydroxylation is 1. The average Bonchev–Trinajstić information content (AvgIpc) is 3.18. The number of fused-ring (bicyclic) bond motifs is 1. The Kier molecular flexibility index (Phi) is 5.23. The topological polar surface area (TPSA) is 67.3 Å². The van der Waals surface area contributed by atoms with Gasteiger partial charge in [-0.15, -0.1) is 11.3 Å². The van der Waals surface area contributed by atoms with Crippen molar-refractivity contribution in [2.45, 2.75) is 13.0 Å². The van der Waals surface area contributed by atoms with Crippen LogP contribution in [-0.2, 0) is 0 Å². The van der Waals surface area contributed by atoms with E-state index in [4.69, 9.17) is 4.74 Å². The molecule has 0 saturated heterocycles. The third-order valence-corrected chi connectivity index (χ3v) is 5.63. The number of aliphatic hydroxyl groups excluding tert-OH is 1. The van der Waals surface area contributed by atoms with Crippen LogP contribution in [0.3, 0.4) is 0 Å². The summed E-state index contributed by atoms with van der Waals surface area (Å²) >= 11 is 1.59. The van der Waals surface area contributed by atoms with Crippen molar-refractivity contribution in [3.05, 3.63) is 71.4 Å².